The summed E-state index contributed by atoms with van der Waals surface area (Å²) in [5.41, 5.74) is 35.7. The van der Waals surface area contributed by atoms with Gasteiger partial charge < -0.3 is 4.74 Å². The van der Waals surface area contributed by atoms with Gasteiger partial charge in [0.1, 0.15) is 12.1 Å². The van der Waals surface area contributed by atoms with Crippen LogP contribution in [0.1, 0.15) is 139 Å². The second-order valence-corrected chi connectivity index (χ2v) is 47.4. The summed E-state index contributed by atoms with van der Waals surface area (Å²) in [4.78, 5) is 23.1. The van der Waals surface area contributed by atoms with E-state index in [-0.39, 0.29) is 0 Å². The highest BCUT2D eigenvalue weighted by atomic mass is 32.2. The van der Waals surface area contributed by atoms with Crippen molar-refractivity contribution in [2.45, 2.75) is 193 Å². The summed E-state index contributed by atoms with van der Waals surface area (Å²) in [5.74, 6) is 0.833. The lowest BCUT2D eigenvalue weighted by atomic mass is 9.95. The second kappa shape index (κ2) is 42.8. The molecule has 0 saturated heterocycles. The molecule has 21 nitrogen and oxygen atoms in total. The Morgan fingerprint density at radius 3 is 0.782 bits per heavy atom. The number of fused-ring (bicyclic) bond motifs is 5. The van der Waals surface area contributed by atoms with Crippen molar-refractivity contribution in [1.82, 2.24) is 46.4 Å². The van der Waals surface area contributed by atoms with Crippen molar-refractivity contribution in [1.29, 1.82) is 0 Å². The van der Waals surface area contributed by atoms with E-state index in [1.807, 2.05) is 274 Å². The molecule has 5 aliphatic heterocycles. The first-order valence-electron chi connectivity index (χ1n) is 47.8. The Labute approximate surface area is 838 Å². The van der Waals surface area contributed by atoms with E-state index in [0.29, 0.717) is 116 Å². The molecule has 11 aromatic carbocycles. The molecule has 0 unspecified atom stereocenters. The highest BCUT2D eigenvalue weighted by molar-refractivity contribution is 7.90. The van der Waals surface area contributed by atoms with Gasteiger partial charge in [0.15, 0.2) is 0 Å². The van der Waals surface area contributed by atoms with Gasteiger partial charge in [-0.15, -0.1) is 0 Å². The number of aromatic nitrogens is 5. The van der Waals surface area contributed by atoms with E-state index in [1.54, 1.807) is 65.8 Å². The number of nitrogens with zero attached hydrogens (tertiary/aromatic N) is 10. The monoisotopic (exact) mass is 1990 g/mol. The molecule has 0 saturated carbocycles. The Morgan fingerprint density at radius 1 is 0.232 bits per heavy atom. The standard InChI is InChI=1S/C25H27NO3S.3C23H24N2O2S.C22H23N3O2S/c1-17-13-18(2)25(19(3)14-17)30(27,28)26-12-11-22-15-21(5-6-23(22)16-26)20-7-9-24(29-4)10-8-20;1-16-12-17(2)23(18(3)13-16)28(26,27)25-11-8-21-14-20(4-5-22(21)15-25)19-6-9-24-10-7-19;1-16-11-17(2)23(18(3)12-16)28(26,27)25-10-8-20-13-19(6-7-22(20)15-25)21-5-4-9-24-14-21;1-16-12-17(2)23(18(3)13-16)28(26,27)25-11-9-19-14-20(7-8-21(19)15-25)22-6-4-5-10-24-22;1-15-8-16(2)22(17(3)9-15)28(26,27)25-7-6-19-10-18(4-5-20(19)13-25)21-11-23-14-24-12-21/h5-10,13-15H,11-12,16H2,1-4H3;4-7,9-10,12-14H,8,11,15H2,1-3H3;4-7,9,11-14H,8,10,15H2,1-3H3;4-8,10,12-14H,9,11,15H2,1-3H3;4-5,8-12,14H,6-7,13H2,1-3H3. The number of hydrogen-bond donors (Lipinski definition) is 0. The minimum Gasteiger partial charge on any atom is -0.497 e. The third-order valence-corrected chi connectivity index (χ3v) is 38.0. The van der Waals surface area contributed by atoms with E-state index in [0.717, 1.165) is 179 Å². The van der Waals surface area contributed by atoms with Gasteiger partial charge in [0.05, 0.1) is 37.3 Å². The average Bonchev–Trinajstić information content (AvgIpc) is 0.776. The van der Waals surface area contributed by atoms with Gasteiger partial charge in [-0.3, -0.25) is 15.0 Å². The molecule has 0 aliphatic carbocycles. The Hall–Kier alpha value is -12.7. The first-order chi connectivity index (χ1) is 67.7. The lowest BCUT2D eigenvalue weighted by molar-refractivity contribution is 0.390. The zero-order valence-corrected chi connectivity index (χ0v) is 87.6. The zero-order valence-electron chi connectivity index (χ0n) is 83.5. The molecule has 0 spiro atoms. The topological polar surface area (TPSA) is 261 Å². The second-order valence-electron chi connectivity index (χ2n) is 38.0. The van der Waals surface area contributed by atoms with Crippen LogP contribution in [0.25, 0.3) is 55.8 Å². The predicted molar refractivity (Wildman–Crippen MR) is 565 cm³/mol. The first-order valence-corrected chi connectivity index (χ1v) is 55.0. The Balaban J connectivity index is 0.000000128. The molecular formula is C116H122N10O11S5. The number of benzene rings is 11. The van der Waals surface area contributed by atoms with Crippen LogP contribution in [0.15, 0.2) is 293 Å². The highest BCUT2D eigenvalue weighted by Crippen LogP contribution is 2.40. The van der Waals surface area contributed by atoms with Gasteiger partial charge in [-0.2, -0.15) is 21.5 Å². The van der Waals surface area contributed by atoms with Crippen molar-refractivity contribution in [3.63, 3.8) is 0 Å². The molecule has 20 rings (SSSR count). The number of pyridine rings is 3. The maximum Gasteiger partial charge on any atom is 0.243 e. The van der Waals surface area contributed by atoms with Gasteiger partial charge in [-0.1, -0.05) is 198 Å². The van der Waals surface area contributed by atoms with Crippen molar-refractivity contribution in [2.24, 2.45) is 0 Å². The van der Waals surface area contributed by atoms with Crippen LogP contribution < -0.4 is 4.74 Å². The molecule has 0 fully saturated rings. The van der Waals surface area contributed by atoms with Crippen LogP contribution in [0, 0.1) is 104 Å². The average molecular weight is 1990 g/mol. The number of methoxy groups -OCH3 is 1. The Kier molecular flexibility index (Phi) is 30.8. The van der Waals surface area contributed by atoms with Crippen LogP contribution in [0.4, 0.5) is 0 Å². The summed E-state index contributed by atoms with van der Waals surface area (Å²) < 4.78 is 147. The maximum absolute atomic E-state index is 13.4. The van der Waals surface area contributed by atoms with Crippen LogP contribution in [-0.4, -0.2) is 128 Å². The van der Waals surface area contributed by atoms with E-state index in [1.165, 1.54) is 34.1 Å². The smallest absolute Gasteiger partial charge is 0.243 e. The van der Waals surface area contributed by atoms with Crippen LogP contribution in [0.2, 0.25) is 0 Å². The molecule has 142 heavy (non-hydrogen) atoms. The van der Waals surface area contributed by atoms with Crippen LogP contribution in [-0.2, 0) is 115 Å². The van der Waals surface area contributed by atoms with E-state index < -0.39 is 50.1 Å². The van der Waals surface area contributed by atoms with E-state index >= 15 is 0 Å². The quantitative estimate of drug-likeness (QED) is 0.0870. The molecule has 5 aliphatic rings. The van der Waals surface area contributed by atoms with E-state index in [9.17, 15) is 42.1 Å². The van der Waals surface area contributed by atoms with Crippen molar-refractivity contribution < 1.29 is 46.8 Å². The summed E-state index contributed by atoms with van der Waals surface area (Å²) in [6.07, 6.45) is 17.6. The summed E-state index contributed by atoms with van der Waals surface area (Å²) in [6.45, 7) is 33.3. The number of ether oxygens (including phenoxy) is 1. The van der Waals surface area contributed by atoms with Gasteiger partial charge in [0.2, 0.25) is 50.1 Å². The zero-order chi connectivity index (χ0) is 101. The van der Waals surface area contributed by atoms with Crippen LogP contribution in [0.5, 0.6) is 5.75 Å². The minimum absolute atomic E-state index is 0.399. The molecule has 0 amide bonds. The van der Waals surface area contributed by atoms with Crippen LogP contribution >= 0.6 is 0 Å². The third-order valence-electron chi connectivity index (χ3n) is 27.2. The molecule has 0 atom stereocenters. The highest BCUT2D eigenvalue weighted by Gasteiger charge is 2.38. The number of rotatable bonds is 16. The lowest BCUT2D eigenvalue weighted by Crippen LogP contribution is -2.36. The summed E-state index contributed by atoms with van der Waals surface area (Å²) in [7, 11) is -16.0. The lowest BCUT2D eigenvalue weighted by Gasteiger charge is -2.29. The van der Waals surface area contributed by atoms with Crippen molar-refractivity contribution in [3.05, 3.63) is 407 Å². The fourth-order valence-electron chi connectivity index (χ4n) is 20.9. The van der Waals surface area contributed by atoms with Gasteiger partial charge in [-0.25, -0.2) is 52.1 Å². The first kappa shape index (κ1) is 102. The van der Waals surface area contributed by atoms with Crippen molar-refractivity contribution in [3.8, 4) is 61.5 Å². The molecule has 9 heterocycles. The fraction of sp³-hybridized carbons (Fsp3) is 0.267. The number of sulfonamides is 5. The molecule has 15 aromatic rings. The van der Waals surface area contributed by atoms with Crippen LogP contribution in [0.3, 0.4) is 0 Å². The fourth-order valence-corrected chi connectivity index (χ4v) is 30.0. The Bertz CT molecular complexity index is 7060. The largest absolute Gasteiger partial charge is 0.497 e. The predicted octanol–water partition coefficient (Wildman–Crippen LogP) is 22.1. The van der Waals surface area contributed by atoms with Crippen molar-refractivity contribution in [2.75, 3.05) is 39.8 Å². The van der Waals surface area contributed by atoms with Gasteiger partial charge >= 0.3 is 0 Å². The molecule has 0 radical (unpaired) electrons. The molecule has 732 valence electrons. The maximum atomic E-state index is 13.4. The summed E-state index contributed by atoms with van der Waals surface area (Å²) in [6, 6.07) is 72.5. The van der Waals surface area contributed by atoms with Gasteiger partial charge in [0.25, 0.3) is 0 Å². The molecule has 0 bridgehead atoms. The van der Waals surface area contributed by atoms with Gasteiger partial charge in [-0.05, 0) is 335 Å². The molecule has 0 N–H and O–H groups in total. The normalized spacial score (nSPS) is 14.6. The molecular weight excluding hydrogens is 1870 g/mol. The number of aryl methyl sites for hydroxylation is 15. The Morgan fingerprint density at radius 2 is 0.500 bits per heavy atom. The van der Waals surface area contributed by atoms with Gasteiger partial charge in [0, 0.05) is 120 Å². The van der Waals surface area contributed by atoms with Crippen molar-refractivity contribution >= 4 is 50.1 Å². The molecule has 26 heteroatoms. The van der Waals surface area contributed by atoms with E-state index in [2.05, 4.69) is 79.5 Å². The third kappa shape index (κ3) is 22.4. The summed E-state index contributed by atoms with van der Waals surface area (Å²) in [5, 5.41) is 0. The minimum atomic E-state index is -3.53. The molecule has 4 aromatic heterocycles. The van der Waals surface area contributed by atoms with E-state index in [4.69, 9.17) is 4.74 Å². The summed E-state index contributed by atoms with van der Waals surface area (Å²) >= 11 is 0. The number of hydrogen-bond acceptors (Lipinski definition) is 16. The SMILES string of the molecule is COc1ccc(-c2ccc3c(c2)CCN(S(=O)(=O)c2c(C)cc(C)cc2C)C3)cc1.Cc1cc(C)c(S(=O)(=O)N2CCc3cc(-c4ccccn4)ccc3C2)c(C)c1.Cc1cc(C)c(S(=O)(=O)N2CCc3cc(-c4cccnc4)ccc3C2)c(C)c1.Cc1cc(C)c(S(=O)(=O)N2CCc3cc(-c4ccncc4)ccc3C2)c(C)c1.Cc1cc(C)c(S(=O)(=O)N2CCc3cc(-c4cncnc4)ccc3C2)c(C)c1.